The van der Waals surface area contributed by atoms with Gasteiger partial charge in [-0.1, -0.05) is 36.4 Å². The van der Waals surface area contributed by atoms with Gasteiger partial charge in [0.2, 0.25) is 0 Å². The average molecular weight is 388 g/mol. The third-order valence-corrected chi connectivity index (χ3v) is 5.66. The van der Waals surface area contributed by atoms with Crippen molar-refractivity contribution in [3.63, 3.8) is 0 Å². The summed E-state index contributed by atoms with van der Waals surface area (Å²) in [6.07, 6.45) is 0. The van der Waals surface area contributed by atoms with E-state index in [4.69, 9.17) is 9.73 Å². The summed E-state index contributed by atoms with van der Waals surface area (Å²) in [5.41, 5.74) is 4.35. The number of aromatic nitrogens is 1. The zero-order chi connectivity index (χ0) is 19.8. The molecule has 148 valence electrons. The number of hydrogen-bond donors (Lipinski definition) is 1. The molecule has 0 aliphatic carbocycles. The van der Waals surface area contributed by atoms with Crippen molar-refractivity contribution < 1.29 is 9.53 Å². The van der Waals surface area contributed by atoms with E-state index in [1.807, 2.05) is 19.1 Å². The number of carbonyl (C=O) groups excluding carboxylic acids is 1. The topological polar surface area (TPSA) is 58.9 Å². The van der Waals surface area contributed by atoms with Crippen molar-refractivity contribution in [2.75, 3.05) is 26.2 Å². The second-order valence-electron chi connectivity index (χ2n) is 7.40. The van der Waals surface area contributed by atoms with Crippen molar-refractivity contribution >= 4 is 28.4 Å². The predicted molar refractivity (Wildman–Crippen MR) is 114 cm³/mol. The van der Waals surface area contributed by atoms with Gasteiger partial charge in [-0.05, 0) is 30.7 Å². The maximum Gasteiger partial charge on any atom is 0.330 e. The van der Waals surface area contributed by atoms with Gasteiger partial charge in [-0.25, -0.2) is 9.79 Å². The highest BCUT2D eigenvalue weighted by Gasteiger charge is 2.34. The number of rotatable bonds is 2. The molecule has 3 aromatic rings. The number of carbonyl (C=O) groups is 1. The van der Waals surface area contributed by atoms with Gasteiger partial charge in [0.05, 0.1) is 24.5 Å². The number of aliphatic imine (C=N–C) groups is 1. The van der Waals surface area contributed by atoms with Crippen LogP contribution in [0.15, 0.2) is 59.6 Å². The summed E-state index contributed by atoms with van der Waals surface area (Å²) in [5, 5.41) is 4.50. The molecule has 29 heavy (non-hydrogen) atoms. The summed E-state index contributed by atoms with van der Waals surface area (Å²) in [7, 11) is 0. The van der Waals surface area contributed by atoms with Crippen molar-refractivity contribution in [1.82, 2.24) is 14.8 Å². The second kappa shape index (κ2) is 7.37. The Kier molecular flexibility index (Phi) is 4.56. The molecule has 1 N–H and O–H groups in total. The van der Waals surface area contributed by atoms with Crippen LogP contribution in [0.25, 0.3) is 10.9 Å². The van der Waals surface area contributed by atoms with Gasteiger partial charge < -0.3 is 19.5 Å². The van der Waals surface area contributed by atoms with Crippen LogP contribution in [-0.2, 0) is 16.1 Å². The van der Waals surface area contributed by atoms with E-state index in [9.17, 15) is 4.79 Å². The number of amidine groups is 1. The minimum absolute atomic E-state index is 0.206. The lowest BCUT2D eigenvalue weighted by atomic mass is 10.1. The molecule has 1 unspecified atom stereocenters. The molecule has 6 heteroatoms. The standard InChI is InChI=1S/C23H24N4O2/c1-2-29-23(28)21-14-24-11-12-26(21)22-20-13-16-7-4-6-10-19(16)27(20)15-17-8-3-5-9-18(17)25-22/h3-10,13,21,24H,2,11-12,14-15H2,1H3. The van der Waals surface area contributed by atoms with Crippen LogP contribution in [0.5, 0.6) is 0 Å². The van der Waals surface area contributed by atoms with Gasteiger partial charge in [-0.3, -0.25) is 0 Å². The van der Waals surface area contributed by atoms with E-state index < -0.39 is 0 Å². The lowest BCUT2D eigenvalue weighted by Crippen LogP contribution is -2.57. The fourth-order valence-electron chi connectivity index (χ4n) is 4.28. The normalized spacial score (nSPS) is 18.6. The van der Waals surface area contributed by atoms with Crippen LogP contribution in [0.3, 0.4) is 0 Å². The third kappa shape index (κ3) is 3.09. The van der Waals surface area contributed by atoms with Crippen molar-refractivity contribution in [3.8, 4) is 0 Å². The molecule has 0 amide bonds. The molecule has 0 saturated carbocycles. The first kappa shape index (κ1) is 17.9. The van der Waals surface area contributed by atoms with Gasteiger partial charge in [-0.15, -0.1) is 0 Å². The first-order valence-electron chi connectivity index (χ1n) is 10.2. The predicted octanol–water partition coefficient (Wildman–Crippen LogP) is 2.92. The largest absolute Gasteiger partial charge is 0.464 e. The second-order valence-corrected chi connectivity index (χ2v) is 7.40. The van der Waals surface area contributed by atoms with Crippen LogP contribution in [0.1, 0.15) is 18.2 Å². The Morgan fingerprint density at radius 3 is 2.93 bits per heavy atom. The van der Waals surface area contributed by atoms with Crippen LogP contribution >= 0.6 is 0 Å². The smallest absolute Gasteiger partial charge is 0.330 e. The van der Waals surface area contributed by atoms with Gasteiger partial charge in [0.1, 0.15) is 6.04 Å². The van der Waals surface area contributed by atoms with E-state index in [0.29, 0.717) is 19.7 Å². The average Bonchev–Trinajstić information content (AvgIpc) is 3.03. The van der Waals surface area contributed by atoms with Crippen molar-refractivity contribution in [3.05, 3.63) is 65.9 Å². The molecule has 1 saturated heterocycles. The maximum absolute atomic E-state index is 12.7. The molecule has 1 fully saturated rings. The molecular weight excluding hydrogens is 364 g/mol. The number of nitrogens with zero attached hydrogens (tertiary/aromatic N) is 3. The molecule has 3 heterocycles. The molecular formula is C23H24N4O2. The highest BCUT2D eigenvalue weighted by atomic mass is 16.5. The number of ether oxygens (including phenoxy) is 1. The first-order chi connectivity index (χ1) is 14.3. The van der Waals surface area contributed by atoms with Crippen LogP contribution in [0, 0.1) is 0 Å². The summed E-state index contributed by atoms with van der Waals surface area (Å²) < 4.78 is 7.68. The van der Waals surface area contributed by atoms with Crippen LogP contribution in [0.2, 0.25) is 0 Å². The summed E-state index contributed by atoms with van der Waals surface area (Å²) in [5.74, 6) is 0.633. The maximum atomic E-state index is 12.7. The van der Waals surface area contributed by atoms with Crippen LogP contribution in [0.4, 0.5) is 5.69 Å². The van der Waals surface area contributed by atoms with E-state index in [2.05, 4.69) is 57.2 Å². The molecule has 0 radical (unpaired) electrons. The molecule has 2 aliphatic heterocycles. The van der Waals surface area contributed by atoms with Crippen LogP contribution in [-0.4, -0.2) is 53.6 Å². The molecule has 0 spiro atoms. The van der Waals surface area contributed by atoms with Crippen molar-refractivity contribution in [1.29, 1.82) is 0 Å². The first-order valence-corrected chi connectivity index (χ1v) is 10.2. The summed E-state index contributed by atoms with van der Waals surface area (Å²) in [4.78, 5) is 19.9. The number of benzene rings is 2. The zero-order valence-corrected chi connectivity index (χ0v) is 16.5. The number of esters is 1. The lowest BCUT2D eigenvalue weighted by molar-refractivity contribution is -0.148. The van der Waals surface area contributed by atoms with E-state index in [1.54, 1.807) is 0 Å². The van der Waals surface area contributed by atoms with Gasteiger partial charge in [-0.2, -0.15) is 0 Å². The van der Waals surface area contributed by atoms with Gasteiger partial charge in [0.15, 0.2) is 5.84 Å². The fraction of sp³-hybridized carbons (Fsp3) is 0.304. The van der Waals surface area contributed by atoms with Crippen LogP contribution < -0.4 is 5.32 Å². The van der Waals surface area contributed by atoms with Gasteiger partial charge >= 0.3 is 5.97 Å². The highest BCUT2D eigenvalue weighted by Crippen LogP contribution is 2.31. The van der Waals surface area contributed by atoms with E-state index in [0.717, 1.165) is 30.3 Å². The Hall–Kier alpha value is -3.12. The minimum Gasteiger partial charge on any atom is -0.464 e. The van der Waals surface area contributed by atoms with E-state index >= 15 is 0 Å². The number of piperazine rings is 1. The van der Waals surface area contributed by atoms with Crippen molar-refractivity contribution in [2.45, 2.75) is 19.5 Å². The van der Waals surface area contributed by atoms with E-state index in [-0.39, 0.29) is 12.0 Å². The molecule has 2 aromatic carbocycles. The van der Waals surface area contributed by atoms with Gasteiger partial charge in [0.25, 0.3) is 0 Å². The molecule has 2 aliphatic rings. The van der Waals surface area contributed by atoms with E-state index in [1.165, 1.54) is 16.5 Å². The highest BCUT2D eigenvalue weighted by molar-refractivity contribution is 6.05. The number of fused-ring (bicyclic) bond motifs is 4. The lowest BCUT2D eigenvalue weighted by Gasteiger charge is -2.36. The number of nitrogens with one attached hydrogen (secondary N) is 1. The summed E-state index contributed by atoms with van der Waals surface area (Å²) >= 11 is 0. The fourth-order valence-corrected chi connectivity index (χ4v) is 4.28. The third-order valence-electron chi connectivity index (χ3n) is 5.66. The molecule has 6 nitrogen and oxygen atoms in total. The minimum atomic E-state index is -0.390. The molecule has 1 atom stereocenters. The Morgan fingerprint density at radius 1 is 1.21 bits per heavy atom. The Balaban J connectivity index is 1.69. The number of hydrogen-bond acceptors (Lipinski definition) is 5. The number of para-hydroxylation sites is 2. The Bertz CT molecular complexity index is 1100. The quantitative estimate of drug-likeness (QED) is 0.686. The zero-order valence-electron chi connectivity index (χ0n) is 16.5. The SMILES string of the molecule is CCOC(=O)C1CNCCN1C1=Nc2ccccc2Cn2c1cc1ccccc12. The Labute approximate surface area is 169 Å². The summed E-state index contributed by atoms with van der Waals surface area (Å²) in [6, 6.07) is 18.4. The summed E-state index contributed by atoms with van der Waals surface area (Å²) in [6.45, 7) is 5.03. The molecule has 5 rings (SSSR count). The van der Waals surface area contributed by atoms with Gasteiger partial charge in [0, 0.05) is 30.5 Å². The molecule has 0 bridgehead atoms. The Morgan fingerprint density at radius 2 is 2.03 bits per heavy atom. The van der Waals surface area contributed by atoms with Crippen molar-refractivity contribution in [2.24, 2.45) is 4.99 Å². The monoisotopic (exact) mass is 388 g/mol. The molecule has 1 aromatic heterocycles.